The average Bonchev–Trinajstić information content (AvgIpc) is 3.35. The van der Waals surface area contributed by atoms with Gasteiger partial charge in [0.15, 0.2) is 23.1 Å². The molecule has 2 aromatic heterocycles. The van der Waals surface area contributed by atoms with Crippen molar-refractivity contribution in [2.24, 2.45) is 0 Å². The molecule has 2 aromatic carbocycles. The molecule has 1 saturated heterocycles. The quantitative estimate of drug-likeness (QED) is 0.287. The maximum absolute atomic E-state index is 13.9. The molecule has 200 valence electrons. The van der Waals surface area contributed by atoms with Crippen LogP contribution in [0.15, 0.2) is 55.4 Å². The predicted molar refractivity (Wildman–Crippen MR) is 138 cm³/mol. The molecule has 0 radical (unpaired) electrons. The van der Waals surface area contributed by atoms with Gasteiger partial charge in [0, 0.05) is 25.2 Å². The lowest BCUT2D eigenvalue weighted by molar-refractivity contribution is -0.127. The van der Waals surface area contributed by atoms with E-state index in [1.54, 1.807) is 33.8 Å². The topological polar surface area (TPSA) is 119 Å². The Hall–Kier alpha value is -4.74. The summed E-state index contributed by atoms with van der Waals surface area (Å²) in [5, 5.41) is 7.91. The highest BCUT2D eigenvalue weighted by atomic mass is 19.2. The number of nitrogens with two attached hydrogens (primary N) is 1. The summed E-state index contributed by atoms with van der Waals surface area (Å²) in [5.41, 5.74) is 8.15. The van der Waals surface area contributed by atoms with Crippen molar-refractivity contribution in [1.82, 2.24) is 30.0 Å². The molecule has 1 fully saturated rings. The number of carbonyl (C=O) groups is 2. The monoisotopic (exact) mass is 535 g/mol. The van der Waals surface area contributed by atoms with Crippen LogP contribution in [0.4, 0.5) is 19.0 Å². The lowest BCUT2D eigenvalue weighted by Gasteiger charge is -2.32. The Bertz CT molecular complexity index is 1590. The van der Waals surface area contributed by atoms with Crippen LogP contribution in [-0.2, 0) is 11.3 Å². The van der Waals surface area contributed by atoms with Gasteiger partial charge in [-0.05, 0) is 36.6 Å². The first kappa shape index (κ1) is 25.9. The highest BCUT2D eigenvalue weighted by Gasteiger charge is 2.28. The molecule has 9 nitrogen and oxygen atoms in total. The minimum Gasteiger partial charge on any atom is -0.383 e. The van der Waals surface area contributed by atoms with Gasteiger partial charge in [0.25, 0.3) is 5.91 Å². The van der Waals surface area contributed by atoms with Gasteiger partial charge in [-0.25, -0.2) is 27.8 Å². The first-order valence-electron chi connectivity index (χ1n) is 12.2. The highest BCUT2D eigenvalue weighted by Crippen LogP contribution is 2.34. The van der Waals surface area contributed by atoms with Crippen LogP contribution < -0.4 is 11.1 Å². The number of rotatable bonds is 6. The molecule has 0 bridgehead atoms. The van der Waals surface area contributed by atoms with Gasteiger partial charge in [0.1, 0.15) is 17.8 Å². The van der Waals surface area contributed by atoms with Crippen LogP contribution in [0.2, 0.25) is 0 Å². The summed E-state index contributed by atoms with van der Waals surface area (Å²) in [4.78, 5) is 34.8. The first-order valence-corrected chi connectivity index (χ1v) is 12.2. The largest absolute Gasteiger partial charge is 0.383 e. The van der Waals surface area contributed by atoms with Crippen molar-refractivity contribution in [3.63, 3.8) is 0 Å². The fraction of sp³-hybridized carbons (Fsp3) is 0.222. The molecule has 0 spiro atoms. The molecule has 1 unspecified atom stereocenters. The zero-order chi connectivity index (χ0) is 27.7. The lowest BCUT2D eigenvalue weighted by atomic mass is 10.1. The van der Waals surface area contributed by atoms with Crippen LogP contribution in [0.5, 0.6) is 0 Å². The maximum Gasteiger partial charge on any atom is 0.254 e. The van der Waals surface area contributed by atoms with Gasteiger partial charge in [-0.2, -0.15) is 5.10 Å². The molecule has 0 aliphatic carbocycles. The van der Waals surface area contributed by atoms with Crippen molar-refractivity contribution < 1.29 is 22.8 Å². The van der Waals surface area contributed by atoms with E-state index in [4.69, 9.17) is 10.8 Å². The SMILES string of the molecule is C=CC(=O)N1CCCC(n2nc(-c3ccc(CNC(=O)c4ccc(F)c(F)c4F)cc3)c3c(N)ncnc32)C1. The van der Waals surface area contributed by atoms with Gasteiger partial charge in [0.2, 0.25) is 5.91 Å². The number of hydrogen-bond acceptors (Lipinski definition) is 6. The second-order valence-corrected chi connectivity index (χ2v) is 9.14. The van der Waals surface area contributed by atoms with E-state index in [0.717, 1.165) is 24.5 Å². The van der Waals surface area contributed by atoms with Gasteiger partial charge in [-0.1, -0.05) is 30.8 Å². The highest BCUT2D eigenvalue weighted by molar-refractivity contribution is 5.98. The van der Waals surface area contributed by atoms with Crippen molar-refractivity contribution >= 4 is 28.7 Å². The lowest BCUT2D eigenvalue weighted by Crippen LogP contribution is -2.40. The number of halogens is 3. The third kappa shape index (κ3) is 4.92. The van der Waals surface area contributed by atoms with E-state index in [1.165, 1.54) is 12.4 Å². The Balaban J connectivity index is 1.38. The Morgan fingerprint density at radius 1 is 1.10 bits per heavy atom. The van der Waals surface area contributed by atoms with E-state index in [-0.39, 0.29) is 24.3 Å². The number of nitrogens with one attached hydrogen (secondary N) is 1. The molecule has 4 aromatic rings. The van der Waals surface area contributed by atoms with E-state index in [9.17, 15) is 22.8 Å². The minimum atomic E-state index is -1.70. The van der Waals surface area contributed by atoms with E-state index in [1.807, 2.05) is 0 Å². The van der Waals surface area contributed by atoms with Crippen LogP contribution in [0.1, 0.15) is 34.8 Å². The van der Waals surface area contributed by atoms with Crippen molar-refractivity contribution in [3.05, 3.63) is 84.0 Å². The molecule has 1 aliphatic heterocycles. The molecular weight excluding hydrogens is 511 g/mol. The first-order chi connectivity index (χ1) is 18.8. The summed E-state index contributed by atoms with van der Waals surface area (Å²) in [6, 6.07) is 8.53. The van der Waals surface area contributed by atoms with Gasteiger partial charge < -0.3 is 16.0 Å². The number of amides is 2. The molecule has 39 heavy (non-hydrogen) atoms. The van der Waals surface area contributed by atoms with Crippen LogP contribution in [0.25, 0.3) is 22.3 Å². The summed E-state index contributed by atoms with van der Waals surface area (Å²) in [7, 11) is 0. The number of benzene rings is 2. The van der Waals surface area contributed by atoms with Gasteiger partial charge in [-0.3, -0.25) is 9.59 Å². The number of aromatic nitrogens is 4. The third-order valence-electron chi connectivity index (χ3n) is 6.71. The maximum atomic E-state index is 13.9. The second kappa shape index (κ2) is 10.6. The van der Waals surface area contributed by atoms with Crippen molar-refractivity contribution in [2.45, 2.75) is 25.4 Å². The molecule has 1 aliphatic rings. The molecule has 3 N–H and O–H groups in total. The molecule has 2 amide bonds. The average molecular weight is 536 g/mol. The number of anilines is 1. The summed E-state index contributed by atoms with van der Waals surface area (Å²) in [6.07, 6.45) is 4.28. The number of nitrogen functional groups attached to an aromatic ring is 1. The molecule has 12 heteroatoms. The van der Waals surface area contributed by atoms with E-state index < -0.39 is 28.9 Å². The van der Waals surface area contributed by atoms with E-state index in [0.29, 0.717) is 41.4 Å². The van der Waals surface area contributed by atoms with Gasteiger partial charge in [-0.15, -0.1) is 0 Å². The normalized spacial score (nSPS) is 15.4. The fourth-order valence-corrected chi connectivity index (χ4v) is 4.70. The molecule has 1 atom stereocenters. The smallest absolute Gasteiger partial charge is 0.254 e. The zero-order valence-electron chi connectivity index (χ0n) is 20.7. The van der Waals surface area contributed by atoms with Crippen LogP contribution in [0, 0.1) is 17.5 Å². The summed E-state index contributed by atoms with van der Waals surface area (Å²) in [6.45, 7) is 4.70. The third-order valence-corrected chi connectivity index (χ3v) is 6.71. The molecule has 0 saturated carbocycles. The summed E-state index contributed by atoms with van der Waals surface area (Å²) < 4.78 is 42.3. The fourth-order valence-electron chi connectivity index (χ4n) is 4.70. The number of nitrogens with zero attached hydrogens (tertiary/aromatic N) is 5. The summed E-state index contributed by atoms with van der Waals surface area (Å²) >= 11 is 0. The number of likely N-dealkylation sites (tertiary alicyclic amines) is 1. The van der Waals surface area contributed by atoms with Crippen molar-refractivity contribution in [3.8, 4) is 11.3 Å². The van der Waals surface area contributed by atoms with Crippen LogP contribution in [-0.4, -0.2) is 49.6 Å². The van der Waals surface area contributed by atoms with Gasteiger partial charge in [0.05, 0.1) is 17.0 Å². The summed E-state index contributed by atoms with van der Waals surface area (Å²) in [5.74, 6) is -5.36. The van der Waals surface area contributed by atoms with Crippen molar-refractivity contribution in [1.29, 1.82) is 0 Å². The second-order valence-electron chi connectivity index (χ2n) is 9.14. The Kier molecular flexibility index (Phi) is 7.01. The minimum absolute atomic E-state index is 0.0211. The number of hydrogen-bond donors (Lipinski definition) is 2. The molecule has 5 rings (SSSR count). The number of carbonyl (C=O) groups excluding carboxylic acids is 2. The van der Waals surface area contributed by atoms with Crippen LogP contribution >= 0.6 is 0 Å². The Morgan fingerprint density at radius 2 is 1.87 bits per heavy atom. The number of piperidine rings is 1. The predicted octanol–water partition coefficient (Wildman–Crippen LogP) is 3.77. The van der Waals surface area contributed by atoms with Crippen molar-refractivity contribution in [2.75, 3.05) is 18.8 Å². The van der Waals surface area contributed by atoms with Crippen LogP contribution in [0.3, 0.4) is 0 Å². The standard InChI is InChI=1S/C27H24F3N7O2/c1-2-20(38)36-11-3-4-17(13-36)37-26-21(25(31)33-14-34-26)24(35-37)16-7-5-15(6-8-16)12-32-27(39)18-9-10-19(28)23(30)22(18)29/h2,5-10,14,17H,1,3-4,11-13H2,(H,32,39)(H2,31,33,34). The van der Waals surface area contributed by atoms with E-state index >= 15 is 0 Å². The Labute approximate surface area is 221 Å². The Morgan fingerprint density at radius 3 is 2.62 bits per heavy atom. The number of fused-ring (bicyclic) bond motifs is 1. The van der Waals surface area contributed by atoms with E-state index in [2.05, 4.69) is 21.9 Å². The molecular formula is C27H24F3N7O2. The van der Waals surface area contributed by atoms with Gasteiger partial charge >= 0.3 is 0 Å². The zero-order valence-corrected chi connectivity index (χ0v) is 20.7. The molecule has 3 heterocycles.